The van der Waals surface area contributed by atoms with Crippen LogP contribution in [0.4, 0.5) is 5.69 Å². The number of carbonyl (C=O) groups is 1. The average molecular weight is 243 g/mol. The first-order valence-electron chi connectivity index (χ1n) is 6.62. The second-order valence-electron chi connectivity index (χ2n) is 5.53. The first kappa shape index (κ1) is 10.4. The second-order valence-corrected chi connectivity index (χ2v) is 5.53. The SMILES string of the molecule is CN1C[C@@H]2CN3C(=O)CCN3[C@@H]2c2ccccc21. The monoisotopic (exact) mass is 243 g/mol. The lowest BCUT2D eigenvalue weighted by molar-refractivity contribution is -0.135. The van der Waals surface area contributed by atoms with E-state index >= 15 is 0 Å². The fraction of sp³-hybridized carbons (Fsp3) is 0.500. The van der Waals surface area contributed by atoms with E-state index in [9.17, 15) is 4.79 Å². The van der Waals surface area contributed by atoms with Crippen LogP contribution in [0, 0.1) is 5.92 Å². The zero-order valence-corrected chi connectivity index (χ0v) is 10.5. The lowest BCUT2D eigenvalue weighted by Crippen LogP contribution is -2.37. The lowest BCUT2D eigenvalue weighted by atomic mass is 9.88. The first-order valence-corrected chi connectivity index (χ1v) is 6.62. The van der Waals surface area contributed by atoms with Gasteiger partial charge >= 0.3 is 0 Å². The highest BCUT2D eigenvalue weighted by Gasteiger charge is 2.48. The maximum atomic E-state index is 11.9. The summed E-state index contributed by atoms with van der Waals surface area (Å²) in [5.74, 6) is 0.846. The molecule has 3 heterocycles. The smallest absolute Gasteiger partial charge is 0.238 e. The Hall–Kier alpha value is -1.55. The normalized spacial score (nSPS) is 30.4. The number of nitrogens with zero attached hydrogens (tertiary/aromatic N) is 3. The molecule has 0 aliphatic carbocycles. The van der Waals surface area contributed by atoms with E-state index in [1.165, 1.54) is 11.3 Å². The number of anilines is 1. The van der Waals surface area contributed by atoms with Crippen molar-refractivity contribution in [2.45, 2.75) is 12.5 Å². The van der Waals surface area contributed by atoms with Gasteiger partial charge in [0.25, 0.3) is 0 Å². The average Bonchev–Trinajstić information content (AvgIpc) is 2.90. The van der Waals surface area contributed by atoms with E-state index in [1.54, 1.807) is 0 Å². The van der Waals surface area contributed by atoms with Gasteiger partial charge in [-0.25, -0.2) is 5.01 Å². The molecule has 4 nitrogen and oxygen atoms in total. The van der Waals surface area contributed by atoms with Crippen molar-refractivity contribution in [3.05, 3.63) is 29.8 Å². The van der Waals surface area contributed by atoms with Gasteiger partial charge in [-0.2, -0.15) is 0 Å². The van der Waals surface area contributed by atoms with E-state index in [1.807, 2.05) is 5.01 Å². The second kappa shape index (κ2) is 3.48. The highest BCUT2D eigenvalue weighted by molar-refractivity contribution is 5.78. The van der Waals surface area contributed by atoms with Crippen molar-refractivity contribution in [1.29, 1.82) is 0 Å². The minimum atomic E-state index is 0.296. The van der Waals surface area contributed by atoms with Crippen molar-refractivity contribution < 1.29 is 4.79 Å². The van der Waals surface area contributed by atoms with Crippen molar-refractivity contribution in [3.8, 4) is 0 Å². The number of carbonyl (C=O) groups excluding carboxylic acids is 1. The topological polar surface area (TPSA) is 26.8 Å². The Balaban J connectivity index is 1.81. The molecule has 94 valence electrons. The Labute approximate surface area is 107 Å². The van der Waals surface area contributed by atoms with Crippen LogP contribution in [0.1, 0.15) is 18.0 Å². The highest BCUT2D eigenvalue weighted by atomic mass is 16.2. The Morgan fingerprint density at radius 2 is 2.06 bits per heavy atom. The molecule has 0 radical (unpaired) electrons. The van der Waals surface area contributed by atoms with Crippen LogP contribution in [-0.4, -0.2) is 42.6 Å². The molecular weight excluding hydrogens is 226 g/mol. The summed E-state index contributed by atoms with van der Waals surface area (Å²) in [5, 5.41) is 4.27. The number of amides is 1. The number of benzene rings is 1. The summed E-state index contributed by atoms with van der Waals surface area (Å²) < 4.78 is 0. The standard InChI is InChI=1S/C14H17N3O/c1-15-8-10-9-17-13(18)6-7-16(17)14(10)11-4-2-3-5-12(11)15/h2-5,10,14H,6-9H2,1H3/t10-,14+/m1/s1. The summed E-state index contributed by atoms with van der Waals surface area (Å²) >= 11 is 0. The van der Waals surface area contributed by atoms with Crippen LogP contribution in [0.3, 0.4) is 0 Å². The number of hydrogen-bond acceptors (Lipinski definition) is 3. The predicted octanol–water partition coefficient (Wildman–Crippen LogP) is 1.26. The number of para-hydroxylation sites is 1. The Morgan fingerprint density at radius 1 is 1.22 bits per heavy atom. The molecule has 2 atom stereocenters. The molecule has 0 spiro atoms. The first-order chi connectivity index (χ1) is 8.75. The Bertz CT molecular complexity index is 516. The molecule has 1 amide bonds. The van der Waals surface area contributed by atoms with Gasteiger partial charge in [0.2, 0.25) is 5.91 Å². The van der Waals surface area contributed by atoms with Gasteiger partial charge < -0.3 is 4.90 Å². The fourth-order valence-corrected chi connectivity index (χ4v) is 3.77. The van der Waals surface area contributed by atoms with Gasteiger partial charge in [-0.05, 0) is 11.6 Å². The Morgan fingerprint density at radius 3 is 2.94 bits per heavy atom. The minimum absolute atomic E-state index is 0.296. The number of fused-ring (bicyclic) bond motifs is 5. The summed E-state index contributed by atoms with van der Waals surface area (Å²) in [6.45, 7) is 2.82. The Kier molecular flexibility index (Phi) is 2.01. The van der Waals surface area contributed by atoms with E-state index in [0.717, 1.165) is 19.6 Å². The van der Waals surface area contributed by atoms with Crippen molar-refractivity contribution in [2.24, 2.45) is 5.92 Å². The zero-order valence-electron chi connectivity index (χ0n) is 10.5. The summed E-state index contributed by atoms with van der Waals surface area (Å²) in [6.07, 6.45) is 0.682. The van der Waals surface area contributed by atoms with Crippen LogP contribution < -0.4 is 4.90 Å². The third kappa shape index (κ3) is 1.21. The van der Waals surface area contributed by atoms with E-state index in [-0.39, 0.29) is 0 Å². The fourth-order valence-electron chi connectivity index (χ4n) is 3.77. The maximum Gasteiger partial charge on any atom is 0.238 e. The van der Waals surface area contributed by atoms with Crippen LogP contribution >= 0.6 is 0 Å². The molecule has 1 aromatic carbocycles. The molecule has 4 heteroatoms. The van der Waals surface area contributed by atoms with E-state index in [4.69, 9.17) is 0 Å². The predicted molar refractivity (Wildman–Crippen MR) is 69.0 cm³/mol. The van der Waals surface area contributed by atoms with Gasteiger partial charge in [0, 0.05) is 44.7 Å². The van der Waals surface area contributed by atoms with Crippen LogP contribution in [-0.2, 0) is 4.79 Å². The van der Waals surface area contributed by atoms with Gasteiger partial charge in [0.15, 0.2) is 0 Å². The van der Waals surface area contributed by atoms with Gasteiger partial charge in [-0.3, -0.25) is 9.80 Å². The summed E-state index contributed by atoms with van der Waals surface area (Å²) in [5.41, 5.74) is 2.70. The number of hydrogen-bond donors (Lipinski definition) is 0. The lowest BCUT2D eigenvalue weighted by Gasteiger charge is -2.37. The molecule has 0 saturated carbocycles. The summed E-state index contributed by atoms with van der Waals surface area (Å²) in [7, 11) is 2.15. The number of rotatable bonds is 0. The molecule has 1 aromatic rings. The highest BCUT2D eigenvalue weighted by Crippen LogP contribution is 2.46. The third-order valence-electron chi connectivity index (χ3n) is 4.50. The molecular formula is C14H17N3O. The number of hydrazine groups is 1. The molecule has 0 bridgehead atoms. The largest absolute Gasteiger partial charge is 0.374 e. The van der Waals surface area contributed by atoms with Crippen molar-refractivity contribution in [2.75, 3.05) is 31.6 Å². The van der Waals surface area contributed by atoms with Gasteiger partial charge in [0.1, 0.15) is 0 Å². The van der Waals surface area contributed by atoms with E-state index in [0.29, 0.717) is 24.3 Å². The molecule has 3 aliphatic heterocycles. The van der Waals surface area contributed by atoms with Crippen molar-refractivity contribution in [1.82, 2.24) is 10.0 Å². The molecule has 2 fully saturated rings. The van der Waals surface area contributed by atoms with Gasteiger partial charge in [-0.15, -0.1) is 0 Å². The molecule has 4 rings (SSSR count). The third-order valence-corrected chi connectivity index (χ3v) is 4.50. The van der Waals surface area contributed by atoms with Crippen molar-refractivity contribution >= 4 is 11.6 Å². The molecule has 2 saturated heterocycles. The zero-order chi connectivity index (χ0) is 12.3. The molecule has 18 heavy (non-hydrogen) atoms. The molecule has 0 N–H and O–H groups in total. The van der Waals surface area contributed by atoms with Crippen LogP contribution in [0.5, 0.6) is 0 Å². The molecule has 3 aliphatic rings. The van der Waals surface area contributed by atoms with Gasteiger partial charge in [0.05, 0.1) is 6.04 Å². The van der Waals surface area contributed by atoms with Crippen LogP contribution in [0.2, 0.25) is 0 Å². The molecule has 0 unspecified atom stereocenters. The summed E-state index contributed by atoms with van der Waals surface area (Å²) in [6, 6.07) is 9.01. The van der Waals surface area contributed by atoms with E-state index in [2.05, 4.69) is 41.2 Å². The van der Waals surface area contributed by atoms with Gasteiger partial charge in [-0.1, -0.05) is 18.2 Å². The minimum Gasteiger partial charge on any atom is -0.374 e. The summed E-state index contributed by atoms with van der Waals surface area (Å²) in [4.78, 5) is 14.2. The van der Waals surface area contributed by atoms with E-state index < -0.39 is 0 Å². The maximum absolute atomic E-state index is 11.9. The molecule has 0 aromatic heterocycles. The van der Waals surface area contributed by atoms with Crippen LogP contribution in [0.25, 0.3) is 0 Å². The van der Waals surface area contributed by atoms with Crippen molar-refractivity contribution in [3.63, 3.8) is 0 Å². The quantitative estimate of drug-likeness (QED) is 0.686. The van der Waals surface area contributed by atoms with Crippen LogP contribution in [0.15, 0.2) is 24.3 Å².